The molecule has 0 N–H and O–H groups in total. The normalized spacial score (nSPS) is 16.1. The van der Waals surface area contributed by atoms with Gasteiger partial charge in [-0.15, -0.1) is 11.3 Å². The van der Waals surface area contributed by atoms with Crippen LogP contribution in [0.1, 0.15) is 42.8 Å². The molecule has 15 heavy (non-hydrogen) atoms. The van der Waals surface area contributed by atoms with Crippen molar-refractivity contribution in [2.75, 3.05) is 6.61 Å². The molecule has 0 radical (unpaired) electrons. The summed E-state index contributed by atoms with van der Waals surface area (Å²) in [5, 5.41) is 3.17. The predicted molar refractivity (Wildman–Crippen MR) is 59.0 cm³/mol. The van der Waals surface area contributed by atoms with Crippen LogP contribution in [0.15, 0.2) is 5.38 Å². The highest BCUT2D eigenvalue weighted by Crippen LogP contribution is 2.37. The van der Waals surface area contributed by atoms with Crippen LogP contribution in [0.2, 0.25) is 0 Å². The molecule has 0 atom stereocenters. The van der Waals surface area contributed by atoms with Crippen molar-refractivity contribution in [3.8, 4) is 0 Å². The fourth-order valence-corrected chi connectivity index (χ4v) is 2.60. The molecule has 0 amide bonds. The van der Waals surface area contributed by atoms with Crippen molar-refractivity contribution in [2.24, 2.45) is 0 Å². The van der Waals surface area contributed by atoms with Gasteiger partial charge >= 0.3 is 5.97 Å². The van der Waals surface area contributed by atoms with Gasteiger partial charge in [0.2, 0.25) is 0 Å². The molecule has 3 nitrogen and oxygen atoms in total. The molecular formula is C11H15NO2S. The van der Waals surface area contributed by atoms with Crippen molar-refractivity contribution in [1.82, 2.24) is 4.98 Å². The lowest BCUT2D eigenvalue weighted by molar-refractivity contribution is -0.142. The maximum atomic E-state index is 11.2. The van der Waals surface area contributed by atoms with Gasteiger partial charge in [-0.25, -0.2) is 4.98 Å². The molecule has 82 valence electrons. The zero-order valence-electron chi connectivity index (χ0n) is 8.86. The average Bonchev–Trinajstić information content (AvgIpc) is 2.50. The smallest absolute Gasteiger partial charge is 0.311 e. The first kappa shape index (κ1) is 10.6. The molecule has 1 saturated carbocycles. The largest absolute Gasteiger partial charge is 0.466 e. The van der Waals surface area contributed by atoms with Crippen LogP contribution in [0, 0.1) is 0 Å². The summed E-state index contributed by atoms with van der Waals surface area (Å²) in [5.41, 5.74) is 0.861. The quantitative estimate of drug-likeness (QED) is 0.739. The topological polar surface area (TPSA) is 39.2 Å². The lowest BCUT2D eigenvalue weighted by Crippen LogP contribution is -2.10. The third-order valence-corrected chi connectivity index (χ3v) is 3.71. The SMILES string of the molecule is CCOC(=O)Cc1csc(C2CCC2)n1. The Balaban J connectivity index is 1.91. The fraction of sp³-hybridized carbons (Fsp3) is 0.636. The van der Waals surface area contributed by atoms with E-state index < -0.39 is 0 Å². The number of thiazole rings is 1. The van der Waals surface area contributed by atoms with Gasteiger partial charge in [-0.3, -0.25) is 4.79 Å². The molecule has 0 aliphatic heterocycles. The van der Waals surface area contributed by atoms with Crippen LogP contribution < -0.4 is 0 Å². The summed E-state index contributed by atoms with van der Waals surface area (Å²) in [7, 11) is 0. The summed E-state index contributed by atoms with van der Waals surface area (Å²) in [6.45, 7) is 2.26. The van der Waals surface area contributed by atoms with E-state index in [0.29, 0.717) is 18.9 Å². The third kappa shape index (κ3) is 2.56. The van der Waals surface area contributed by atoms with Crippen molar-refractivity contribution >= 4 is 17.3 Å². The Morgan fingerprint density at radius 1 is 1.67 bits per heavy atom. The zero-order valence-corrected chi connectivity index (χ0v) is 9.68. The van der Waals surface area contributed by atoms with E-state index in [-0.39, 0.29) is 5.97 Å². The monoisotopic (exact) mass is 225 g/mol. The highest BCUT2D eigenvalue weighted by atomic mass is 32.1. The van der Waals surface area contributed by atoms with Crippen LogP contribution in [0.4, 0.5) is 0 Å². The summed E-state index contributed by atoms with van der Waals surface area (Å²) < 4.78 is 4.88. The molecule has 1 heterocycles. The van der Waals surface area contributed by atoms with Gasteiger partial charge in [0.05, 0.1) is 23.7 Å². The molecule has 0 aromatic carbocycles. The van der Waals surface area contributed by atoms with Gasteiger partial charge < -0.3 is 4.74 Å². The maximum absolute atomic E-state index is 11.2. The molecule has 1 fully saturated rings. The number of carbonyl (C=O) groups excluding carboxylic acids is 1. The molecular weight excluding hydrogens is 210 g/mol. The zero-order chi connectivity index (χ0) is 10.7. The summed E-state index contributed by atoms with van der Waals surface area (Å²) in [6, 6.07) is 0. The second-order valence-corrected chi connectivity index (χ2v) is 4.68. The molecule has 1 aromatic rings. The number of esters is 1. The number of hydrogen-bond acceptors (Lipinski definition) is 4. The van der Waals surface area contributed by atoms with Gasteiger partial charge in [-0.1, -0.05) is 6.42 Å². The van der Waals surface area contributed by atoms with Crippen LogP contribution in [-0.2, 0) is 16.0 Å². The number of nitrogens with zero attached hydrogens (tertiary/aromatic N) is 1. The van der Waals surface area contributed by atoms with E-state index >= 15 is 0 Å². The Morgan fingerprint density at radius 2 is 2.47 bits per heavy atom. The second-order valence-electron chi connectivity index (χ2n) is 3.79. The maximum Gasteiger partial charge on any atom is 0.311 e. The summed E-state index contributed by atoms with van der Waals surface area (Å²) >= 11 is 1.67. The second kappa shape index (κ2) is 4.75. The number of aromatic nitrogens is 1. The average molecular weight is 225 g/mol. The van der Waals surface area contributed by atoms with Gasteiger partial charge in [-0.05, 0) is 19.8 Å². The predicted octanol–water partition coefficient (Wildman–Crippen LogP) is 2.52. The van der Waals surface area contributed by atoms with E-state index in [1.165, 1.54) is 24.3 Å². The third-order valence-electron chi connectivity index (χ3n) is 2.65. The Morgan fingerprint density at radius 3 is 3.07 bits per heavy atom. The number of rotatable bonds is 4. The Bertz CT molecular complexity index is 344. The molecule has 2 rings (SSSR count). The minimum absolute atomic E-state index is 0.178. The number of hydrogen-bond donors (Lipinski definition) is 0. The highest BCUT2D eigenvalue weighted by Gasteiger charge is 2.22. The Labute approximate surface area is 93.5 Å². The molecule has 1 aromatic heterocycles. The van der Waals surface area contributed by atoms with E-state index in [4.69, 9.17) is 4.74 Å². The van der Waals surface area contributed by atoms with E-state index in [0.717, 1.165) is 5.69 Å². The lowest BCUT2D eigenvalue weighted by Gasteiger charge is -2.22. The Hall–Kier alpha value is -0.900. The van der Waals surface area contributed by atoms with Crippen molar-refractivity contribution in [2.45, 2.75) is 38.5 Å². The number of ether oxygens (including phenoxy) is 1. The van der Waals surface area contributed by atoms with E-state index in [1.807, 2.05) is 12.3 Å². The minimum atomic E-state index is -0.178. The van der Waals surface area contributed by atoms with Crippen LogP contribution in [0.5, 0.6) is 0 Å². The van der Waals surface area contributed by atoms with E-state index in [1.54, 1.807) is 11.3 Å². The minimum Gasteiger partial charge on any atom is -0.466 e. The van der Waals surface area contributed by atoms with Crippen molar-refractivity contribution < 1.29 is 9.53 Å². The van der Waals surface area contributed by atoms with Gasteiger partial charge in [0.25, 0.3) is 0 Å². The van der Waals surface area contributed by atoms with Gasteiger partial charge in [-0.2, -0.15) is 0 Å². The van der Waals surface area contributed by atoms with Gasteiger partial charge in [0, 0.05) is 11.3 Å². The lowest BCUT2D eigenvalue weighted by atomic mass is 9.86. The van der Waals surface area contributed by atoms with Crippen molar-refractivity contribution in [3.63, 3.8) is 0 Å². The van der Waals surface area contributed by atoms with E-state index in [2.05, 4.69) is 4.98 Å². The van der Waals surface area contributed by atoms with Gasteiger partial charge in [0.15, 0.2) is 0 Å². The first-order valence-corrected chi connectivity index (χ1v) is 6.27. The summed E-state index contributed by atoms with van der Waals surface area (Å²) in [6.07, 6.45) is 4.15. The molecule has 0 saturated heterocycles. The number of carbonyl (C=O) groups is 1. The fourth-order valence-electron chi connectivity index (χ4n) is 1.61. The van der Waals surface area contributed by atoms with E-state index in [9.17, 15) is 4.79 Å². The van der Waals surface area contributed by atoms with Gasteiger partial charge in [0.1, 0.15) is 0 Å². The molecule has 0 unspecified atom stereocenters. The van der Waals surface area contributed by atoms with Crippen LogP contribution in [-0.4, -0.2) is 17.6 Å². The van der Waals surface area contributed by atoms with Crippen molar-refractivity contribution in [3.05, 3.63) is 16.1 Å². The first-order chi connectivity index (χ1) is 7.29. The molecule has 4 heteroatoms. The molecule has 1 aliphatic rings. The molecule has 0 spiro atoms. The molecule has 0 bridgehead atoms. The van der Waals surface area contributed by atoms with Crippen LogP contribution >= 0.6 is 11.3 Å². The van der Waals surface area contributed by atoms with Crippen LogP contribution in [0.25, 0.3) is 0 Å². The standard InChI is InChI=1S/C11H15NO2S/c1-2-14-10(13)6-9-7-15-11(12-9)8-4-3-5-8/h7-8H,2-6H2,1H3. The van der Waals surface area contributed by atoms with Crippen LogP contribution in [0.3, 0.4) is 0 Å². The van der Waals surface area contributed by atoms with Crippen molar-refractivity contribution in [1.29, 1.82) is 0 Å². The highest BCUT2D eigenvalue weighted by molar-refractivity contribution is 7.09. The summed E-state index contributed by atoms with van der Waals surface area (Å²) in [5.74, 6) is 0.480. The first-order valence-electron chi connectivity index (χ1n) is 5.39. The summed E-state index contributed by atoms with van der Waals surface area (Å²) in [4.78, 5) is 15.7. The Kier molecular flexibility index (Phi) is 3.36. The molecule has 1 aliphatic carbocycles.